The second kappa shape index (κ2) is 10.1. The largest absolute Gasteiger partial charge is 0.496 e. The van der Waals surface area contributed by atoms with E-state index in [1.165, 1.54) is 0 Å². The first-order valence-corrected chi connectivity index (χ1v) is 11.6. The maximum atomic E-state index is 11.7. The molecule has 0 saturated heterocycles. The van der Waals surface area contributed by atoms with Crippen molar-refractivity contribution in [3.63, 3.8) is 0 Å². The molecule has 1 atom stereocenters. The lowest BCUT2D eigenvalue weighted by molar-refractivity contribution is 0.203. The van der Waals surface area contributed by atoms with E-state index in [1.54, 1.807) is 7.11 Å². The Balaban J connectivity index is 1.80. The lowest BCUT2D eigenvalue weighted by Gasteiger charge is -2.27. The fraction of sp³-hybridized carbons (Fsp3) is 0.226. The number of hydrogen-bond donors (Lipinski definition) is 1. The lowest BCUT2D eigenvalue weighted by atomic mass is 9.83. The van der Waals surface area contributed by atoms with Gasteiger partial charge in [0.1, 0.15) is 24.2 Å². The molecule has 0 fully saturated rings. The molecule has 0 spiro atoms. The van der Waals surface area contributed by atoms with Gasteiger partial charge >= 0.3 is 0 Å². The summed E-state index contributed by atoms with van der Waals surface area (Å²) in [7, 11) is 1.65. The Bertz CT molecular complexity index is 1220. The second-order valence-electron chi connectivity index (χ2n) is 9.44. The molecule has 0 saturated carbocycles. The van der Waals surface area contributed by atoms with Crippen molar-refractivity contribution in [2.75, 3.05) is 7.11 Å². The Morgan fingerprint density at radius 3 is 1.91 bits per heavy atom. The fourth-order valence-corrected chi connectivity index (χ4v) is 4.26. The van der Waals surface area contributed by atoms with Crippen LogP contribution >= 0.6 is 0 Å². The Morgan fingerprint density at radius 1 is 0.706 bits per heavy atom. The highest BCUT2D eigenvalue weighted by Crippen LogP contribution is 2.43. The van der Waals surface area contributed by atoms with Crippen molar-refractivity contribution >= 4 is 0 Å². The number of rotatable bonds is 7. The highest BCUT2D eigenvalue weighted by molar-refractivity contribution is 5.73. The first-order chi connectivity index (χ1) is 16.4. The van der Waals surface area contributed by atoms with Crippen molar-refractivity contribution in [1.29, 1.82) is 0 Å². The Morgan fingerprint density at radius 2 is 1.29 bits per heavy atom. The molecule has 174 valence electrons. The molecular weight excluding hydrogens is 420 g/mol. The van der Waals surface area contributed by atoms with Crippen LogP contribution in [0.3, 0.4) is 0 Å². The number of aliphatic hydroxyl groups excluding tert-OH is 1. The van der Waals surface area contributed by atoms with E-state index >= 15 is 0 Å². The van der Waals surface area contributed by atoms with Gasteiger partial charge < -0.3 is 14.6 Å². The van der Waals surface area contributed by atoms with Gasteiger partial charge in [0.05, 0.1) is 7.11 Å². The smallest absolute Gasteiger partial charge is 0.132 e. The van der Waals surface area contributed by atoms with E-state index in [0.717, 1.165) is 33.6 Å². The molecule has 1 unspecified atom stereocenters. The monoisotopic (exact) mass is 452 g/mol. The van der Waals surface area contributed by atoms with Crippen LogP contribution in [0.5, 0.6) is 11.5 Å². The summed E-state index contributed by atoms with van der Waals surface area (Å²) in [6.45, 7) is 6.90. The minimum absolute atomic E-state index is 0.155. The van der Waals surface area contributed by atoms with E-state index in [0.29, 0.717) is 17.9 Å². The van der Waals surface area contributed by atoms with Gasteiger partial charge in [0.25, 0.3) is 0 Å². The molecule has 4 aromatic rings. The van der Waals surface area contributed by atoms with E-state index in [1.807, 2.05) is 91.0 Å². The first kappa shape index (κ1) is 23.6. The highest BCUT2D eigenvalue weighted by atomic mass is 16.5. The van der Waals surface area contributed by atoms with E-state index in [-0.39, 0.29) is 5.41 Å². The van der Waals surface area contributed by atoms with Crippen molar-refractivity contribution in [3.8, 4) is 22.6 Å². The van der Waals surface area contributed by atoms with Crippen LogP contribution in [0.4, 0.5) is 0 Å². The minimum Gasteiger partial charge on any atom is -0.496 e. The molecule has 1 N–H and O–H groups in total. The van der Waals surface area contributed by atoms with Crippen molar-refractivity contribution in [1.82, 2.24) is 0 Å². The third-order valence-corrected chi connectivity index (χ3v) is 6.00. The van der Waals surface area contributed by atoms with Crippen LogP contribution in [0.2, 0.25) is 0 Å². The predicted molar refractivity (Wildman–Crippen MR) is 138 cm³/mol. The normalized spacial score (nSPS) is 12.3. The van der Waals surface area contributed by atoms with Gasteiger partial charge in [-0.05, 0) is 22.1 Å². The average molecular weight is 453 g/mol. The van der Waals surface area contributed by atoms with Gasteiger partial charge in [-0.15, -0.1) is 0 Å². The summed E-state index contributed by atoms with van der Waals surface area (Å²) in [6, 6.07) is 32.1. The first-order valence-electron chi connectivity index (χ1n) is 11.6. The van der Waals surface area contributed by atoms with Gasteiger partial charge in [-0.2, -0.15) is 0 Å². The van der Waals surface area contributed by atoms with Crippen LogP contribution in [-0.2, 0) is 12.0 Å². The predicted octanol–water partition coefficient (Wildman–Crippen LogP) is 7.32. The SMILES string of the molecule is COc1c(-c2ccccc2)cccc1C(O)c1cccc(C(C)(C)C)c1OCc1ccccc1. The molecule has 0 aliphatic heterocycles. The minimum atomic E-state index is -0.910. The van der Waals surface area contributed by atoms with Crippen molar-refractivity contribution in [2.24, 2.45) is 0 Å². The topological polar surface area (TPSA) is 38.7 Å². The summed E-state index contributed by atoms with van der Waals surface area (Å²) < 4.78 is 12.3. The molecule has 3 heteroatoms. The third kappa shape index (κ3) is 5.00. The zero-order valence-electron chi connectivity index (χ0n) is 20.3. The number of aliphatic hydroxyl groups is 1. The molecule has 0 aliphatic carbocycles. The molecule has 0 aromatic heterocycles. The van der Waals surface area contributed by atoms with E-state index in [2.05, 4.69) is 26.8 Å². The maximum Gasteiger partial charge on any atom is 0.132 e. The number of para-hydroxylation sites is 2. The van der Waals surface area contributed by atoms with Gasteiger partial charge in [0.15, 0.2) is 0 Å². The second-order valence-corrected chi connectivity index (χ2v) is 9.44. The summed E-state index contributed by atoms with van der Waals surface area (Å²) >= 11 is 0. The van der Waals surface area contributed by atoms with Gasteiger partial charge in [0, 0.05) is 16.7 Å². The molecule has 3 nitrogen and oxygen atoms in total. The van der Waals surface area contributed by atoms with E-state index in [4.69, 9.17) is 9.47 Å². The third-order valence-electron chi connectivity index (χ3n) is 6.00. The van der Waals surface area contributed by atoms with E-state index < -0.39 is 6.10 Å². The summed E-state index contributed by atoms with van der Waals surface area (Å²) in [5.74, 6) is 1.38. The molecule has 34 heavy (non-hydrogen) atoms. The molecule has 0 amide bonds. The van der Waals surface area contributed by atoms with Gasteiger partial charge in [-0.3, -0.25) is 0 Å². The van der Waals surface area contributed by atoms with Crippen molar-refractivity contribution in [3.05, 3.63) is 119 Å². The summed E-state index contributed by atoms with van der Waals surface area (Å²) in [6.07, 6.45) is -0.910. The van der Waals surface area contributed by atoms with Crippen LogP contribution < -0.4 is 9.47 Å². The van der Waals surface area contributed by atoms with E-state index in [9.17, 15) is 5.11 Å². The zero-order chi connectivity index (χ0) is 24.1. The highest BCUT2D eigenvalue weighted by Gasteiger charge is 2.27. The number of ether oxygens (including phenoxy) is 2. The maximum absolute atomic E-state index is 11.7. The quantitative estimate of drug-likeness (QED) is 0.319. The Labute approximate surface area is 202 Å². The standard InChI is InChI=1S/C31H32O3/c1-31(2,3)27-20-12-19-26(30(27)34-21-22-13-7-5-8-14-22)28(32)25-18-11-17-24(29(25)33-4)23-15-9-6-10-16-23/h5-20,28,32H,21H2,1-4H3. The Kier molecular flexibility index (Phi) is 7.04. The van der Waals surface area contributed by atoms with Crippen LogP contribution in [0, 0.1) is 0 Å². The van der Waals surface area contributed by atoms with Crippen LogP contribution in [0.25, 0.3) is 11.1 Å². The molecule has 4 rings (SSSR count). The van der Waals surface area contributed by atoms with Crippen LogP contribution in [0.15, 0.2) is 97.1 Å². The number of methoxy groups -OCH3 is 1. The number of benzene rings is 4. The lowest BCUT2D eigenvalue weighted by Crippen LogP contribution is -2.16. The molecule has 0 heterocycles. The molecule has 0 radical (unpaired) electrons. The van der Waals surface area contributed by atoms with Gasteiger partial charge in [-0.25, -0.2) is 0 Å². The summed E-state index contributed by atoms with van der Waals surface area (Å²) in [4.78, 5) is 0. The summed E-state index contributed by atoms with van der Waals surface area (Å²) in [5, 5.41) is 11.7. The summed E-state index contributed by atoms with van der Waals surface area (Å²) in [5.41, 5.74) is 5.40. The Hall–Kier alpha value is -3.56. The van der Waals surface area contributed by atoms with Crippen molar-refractivity contribution in [2.45, 2.75) is 38.9 Å². The van der Waals surface area contributed by atoms with Gasteiger partial charge in [0.2, 0.25) is 0 Å². The molecule has 0 bridgehead atoms. The zero-order valence-corrected chi connectivity index (χ0v) is 20.3. The fourth-order valence-electron chi connectivity index (χ4n) is 4.26. The van der Waals surface area contributed by atoms with Crippen molar-refractivity contribution < 1.29 is 14.6 Å². The van der Waals surface area contributed by atoms with Gasteiger partial charge in [-0.1, -0.05) is 118 Å². The molecule has 0 aliphatic rings. The number of hydrogen-bond acceptors (Lipinski definition) is 3. The molecule has 4 aromatic carbocycles. The average Bonchev–Trinajstić information content (AvgIpc) is 2.87. The molecular formula is C31H32O3. The van der Waals surface area contributed by atoms with Crippen LogP contribution in [0.1, 0.15) is 49.1 Å². The van der Waals surface area contributed by atoms with Crippen LogP contribution in [-0.4, -0.2) is 12.2 Å².